The molecule has 1 aromatic rings. The van der Waals surface area contributed by atoms with Crippen LogP contribution in [0.1, 0.15) is 19.8 Å². The van der Waals surface area contributed by atoms with Gasteiger partial charge in [0.15, 0.2) is 0 Å². The molecule has 1 N–H and O–H groups in total. The fourth-order valence-electron chi connectivity index (χ4n) is 2.19. The van der Waals surface area contributed by atoms with Gasteiger partial charge in [-0.1, -0.05) is 6.92 Å². The maximum Gasteiger partial charge on any atom is 0.0728 e. The third kappa shape index (κ3) is 2.72. The zero-order valence-corrected chi connectivity index (χ0v) is 9.61. The Morgan fingerprint density at radius 1 is 1.60 bits per heavy atom. The van der Waals surface area contributed by atoms with Crippen LogP contribution in [-0.2, 0) is 7.05 Å². The molecule has 0 radical (unpaired) electrons. The molecule has 0 spiro atoms. The Morgan fingerprint density at radius 3 is 3.13 bits per heavy atom. The Balaban J connectivity index is 1.88. The summed E-state index contributed by atoms with van der Waals surface area (Å²) in [5.74, 6) is 0. The van der Waals surface area contributed by atoms with Gasteiger partial charge in [-0.2, -0.15) is 5.10 Å². The summed E-state index contributed by atoms with van der Waals surface area (Å²) in [5.41, 5.74) is 1.14. The van der Waals surface area contributed by atoms with Crippen molar-refractivity contribution in [3.63, 3.8) is 0 Å². The molecular formula is C11H20N4. The molecule has 4 heteroatoms. The smallest absolute Gasteiger partial charge is 0.0728 e. The van der Waals surface area contributed by atoms with Crippen molar-refractivity contribution in [2.24, 2.45) is 7.05 Å². The number of aromatic nitrogens is 2. The van der Waals surface area contributed by atoms with Gasteiger partial charge in [-0.3, -0.25) is 4.68 Å². The number of aryl methyl sites for hydroxylation is 1. The van der Waals surface area contributed by atoms with Crippen LogP contribution in [-0.4, -0.2) is 40.4 Å². The summed E-state index contributed by atoms with van der Waals surface area (Å²) in [5, 5.41) is 7.70. The molecule has 2 heterocycles. The molecule has 1 saturated heterocycles. The van der Waals surface area contributed by atoms with Gasteiger partial charge in [-0.15, -0.1) is 0 Å². The van der Waals surface area contributed by atoms with Gasteiger partial charge in [-0.05, 0) is 25.9 Å². The molecule has 84 valence electrons. The number of likely N-dealkylation sites (N-methyl/N-ethyl adjacent to an activating group) is 1. The summed E-state index contributed by atoms with van der Waals surface area (Å²) in [4.78, 5) is 2.50. The molecule has 0 saturated carbocycles. The molecule has 1 fully saturated rings. The van der Waals surface area contributed by atoms with Crippen molar-refractivity contribution in [2.45, 2.75) is 25.8 Å². The zero-order valence-electron chi connectivity index (χ0n) is 9.61. The lowest BCUT2D eigenvalue weighted by molar-refractivity contribution is 0.227. The second kappa shape index (κ2) is 4.66. The molecule has 1 aliphatic heterocycles. The van der Waals surface area contributed by atoms with Crippen molar-refractivity contribution in [1.29, 1.82) is 0 Å². The van der Waals surface area contributed by atoms with Crippen LogP contribution in [0.5, 0.6) is 0 Å². The minimum absolute atomic E-state index is 0.586. The van der Waals surface area contributed by atoms with E-state index in [9.17, 15) is 0 Å². The van der Waals surface area contributed by atoms with Crippen LogP contribution in [0.2, 0.25) is 0 Å². The van der Waals surface area contributed by atoms with E-state index < -0.39 is 0 Å². The second-order valence-electron chi connectivity index (χ2n) is 4.28. The highest BCUT2D eigenvalue weighted by molar-refractivity contribution is 5.39. The number of anilines is 1. The van der Waals surface area contributed by atoms with Crippen LogP contribution >= 0.6 is 0 Å². The monoisotopic (exact) mass is 208 g/mol. The van der Waals surface area contributed by atoms with E-state index in [0.29, 0.717) is 6.04 Å². The van der Waals surface area contributed by atoms with E-state index in [1.54, 1.807) is 0 Å². The minimum atomic E-state index is 0.586. The minimum Gasteiger partial charge on any atom is -0.378 e. The fourth-order valence-corrected chi connectivity index (χ4v) is 2.19. The van der Waals surface area contributed by atoms with Crippen LogP contribution < -0.4 is 5.32 Å². The molecule has 15 heavy (non-hydrogen) atoms. The Kier molecular flexibility index (Phi) is 3.26. The van der Waals surface area contributed by atoms with Gasteiger partial charge in [0.2, 0.25) is 0 Å². The molecule has 0 aromatic carbocycles. The van der Waals surface area contributed by atoms with Gasteiger partial charge >= 0.3 is 0 Å². The van der Waals surface area contributed by atoms with Crippen molar-refractivity contribution in [2.75, 3.05) is 25.0 Å². The summed E-state index contributed by atoms with van der Waals surface area (Å²) in [6, 6.07) is 0.586. The first kappa shape index (κ1) is 10.5. The van der Waals surface area contributed by atoms with E-state index in [2.05, 4.69) is 22.2 Å². The zero-order chi connectivity index (χ0) is 10.7. The summed E-state index contributed by atoms with van der Waals surface area (Å²) in [7, 11) is 1.95. The largest absolute Gasteiger partial charge is 0.378 e. The Morgan fingerprint density at radius 2 is 2.47 bits per heavy atom. The van der Waals surface area contributed by atoms with Gasteiger partial charge in [0.25, 0.3) is 0 Å². The highest BCUT2D eigenvalue weighted by Gasteiger charge is 2.18. The van der Waals surface area contributed by atoms with Crippen LogP contribution in [0.25, 0.3) is 0 Å². The first-order valence-corrected chi connectivity index (χ1v) is 5.75. The molecule has 1 aromatic heterocycles. The number of piperidine rings is 1. The third-order valence-corrected chi connectivity index (χ3v) is 3.03. The average molecular weight is 208 g/mol. The molecule has 1 unspecified atom stereocenters. The normalized spacial score (nSPS) is 22.9. The van der Waals surface area contributed by atoms with Crippen LogP contribution in [0.15, 0.2) is 12.4 Å². The van der Waals surface area contributed by atoms with Gasteiger partial charge in [0.1, 0.15) is 0 Å². The number of hydrogen-bond acceptors (Lipinski definition) is 3. The molecule has 2 rings (SSSR count). The number of nitrogens with zero attached hydrogens (tertiary/aromatic N) is 3. The molecule has 0 aliphatic carbocycles. The van der Waals surface area contributed by atoms with Crippen LogP contribution in [0, 0.1) is 0 Å². The van der Waals surface area contributed by atoms with E-state index in [0.717, 1.165) is 18.8 Å². The van der Waals surface area contributed by atoms with Crippen molar-refractivity contribution < 1.29 is 0 Å². The summed E-state index contributed by atoms with van der Waals surface area (Å²) >= 11 is 0. The second-order valence-corrected chi connectivity index (χ2v) is 4.28. The number of rotatable bonds is 3. The predicted molar refractivity (Wildman–Crippen MR) is 62.0 cm³/mol. The molecule has 0 bridgehead atoms. The number of likely N-dealkylation sites (tertiary alicyclic amines) is 1. The average Bonchev–Trinajstić information content (AvgIpc) is 2.64. The van der Waals surface area contributed by atoms with Crippen molar-refractivity contribution in [3.05, 3.63) is 12.4 Å². The van der Waals surface area contributed by atoms with E-state index in [-0.39, 0.29) is 0 Å². The SMILES string of the molecule is CCN1CCCC(Nc2cnn(C)c2)C1. The maximum atomic E-state index is 4.16. The van der Waals surface area contributed by atoms with Crippen LogP contribution in [0.3, 0.4) is 0 Å². The molecular weight excluding hydrogens is 188 g/mol. The van der Waals surface area contributed by atoms with Gasteiger partial charge in [0, 0.05) is 25.8 Å². The van der Waals surface area contributed by atoms with Crippen molar-refractivity contribution in [1.82, 2.24) is 14.7 Å². The Labute approximate surface area is 91.3 Å². The summed E-state index contributed by atoms with van der Waals surface area (Å²) in [6.45, 7) is 5.80. The van der Waals surface area contributed by atoms with Gasteiger partial charge in [0.05, 0.1) is 11.9 Å². The lowest BCUT2D eigenvalue weighted by Crippen LogP contribution is -2.41. The topological polar surface area (TPSA) is 33.1 Å². The molecule has 1 atom stereocenters. The van der Waals surface area contributed by atoms with E-state index in [1.165, 1.54) is 19.4 Å². The number of hydrogen-bond donors (Lipinski definition) is 1. The van der Waals surface area contributed by atoms with Crippen molar-refractivity contribution in [3.8, 4) is 0 Å². The summed E-state index contributed by atoms with van der Waals surface area (Å²) in [6.07, 6.45) is 6.49. The standard InChI is InChI=1S/C11H20N4/c1-3-15-6-4-5-10(9-15)13-11-7-12-14(2)8-11/h7-8,10,13H,3-6,9H2,1-2H3. The van der Waals surface area contributed by atoms with Crippen LogP contribution in [0.4, 0.5) is 5.69 Å². The number of nitrogens with one attached hydrogen (secondary N) is 1. The molecule has 0 amide bonds. The van der Waals surface area contributed by atoms with E-state index in [1.807, 2.05) is 24.1 Å². The summed E-state index contributed by atoms with van der Waals surface area (Å²) < 4.78 is 1.84. The van der Waals surface area contributed by atoms with E-state index >= 15 is 0 Å². The Bertz CT molecular complexity index is 307. The molecule has 1 aliphatic rings. The quantitative estimate of drug-likeness (QED) is 0.813. The maximum absolute atomic E-state index is 4.16. The highest BCUT2D eigenvalue weighted by Crippen LogP contribution is 2.14. The first-order valence-electron chi connectivity index (χ1n) is 5.75. The lowest BCUT2D eigenvalue weighted by atomic mass is 10.1. The first-order chi connectivity index (χ1) is 7.28. The van der Waals surface area contributed by atoms with Crippen molar-refractivity contribution >= 4 is 5.69 Å². The van der Waals surface area contributed by atoms with E-state index in [4.69, 9.17) is 0 Å². The molecule has 4 nitrogen and oxygen atoms in total. The third-order valence-electron chi connectivity index (χ3n) is 3.03. The van der Waals surface area contributed by atoms with Gasteiger partial charge < -0.3 is 10.2 Å². The Hall–Kier alpha value is -1.03. The highest BCUT2D eigenvalue weighted by atomic mass is 15.3. The lowest BCUT2D eigenvalue weighted by Gasteiger charge is -2.32. The predicted octanol–water partition coefficient (Wildman–Crippen LogP) is 1.32. The van der Waals surface area contributed by atoms with Gasteiger partial charge in [-0.25, -0.2) is 0 Å². The fraction of sp³-hybridized carbons (Fsp3) is 0.727.